The van der Waals surface area contributed by atoms with Crippen molar-refractivity contribution in [2.75, 3.05) is 19.7 Å². The van der Waals surface area contributed by atoms with E-state index in [1.54, 1.807) is 0 Å². The number of carbonyl (C=O) groups excluding carboxylic acids is 1. The molecule has 2 unspecified atom stereocenters. The third-order valence-corrected chi connectivity index (χ3v) is 3.40. The van der Waals surface area contributed by atoms with Crippen molar-refractivity contribution in [1.29, 1.82) is 0 Å². The van der Waals surface area contributed by atoms with Gasteiger partial charge in [-0.2, -0.15) is 0 Å². The second kappa shape index (κ2) is 6.11. The largest absolute Gasteiger partial charge is 0.396 e. The molecule has 0 radical (unpaired) electrons. The van der Waals surface area contributed by atoms with Gasteiger partial charge in [0, 0.05) is 26.1 Å². The lowest BCUT2D eigenvalue weighted by Crippen LogP contribution is -2.29. The summed E-state index contributed by atoms with van der Waals surface area (Å²) in [5, 5.41) is 8.83. The minimum absolute atomic E-state index is 0.248. The average molecular weight is 213 g/mol. The third-order valence-electron chi connectivity index (χ3n) is 3.40. The summed E-state index contributed by atoms with van der Waals surface area (Å²) >= 11 is 0. The summed E-state index contributed by atoms with van der Waals surface area (Å²) in [7, 11) is 0. The van der Waals surface area contributed by atoms with Crippen LogP contribution >= 0.6 is 0 Å². The van der Waals surface area contributed by atoms with Gasteiger partial charge in [0.25, 0.3) is 0 Å². The zero-order valence-corrected chi connectivity index (χ0v) is 9.91. The molecular formula is C12H23NO2. The van der Waals surface area contributed by atoms with Crippen LogP contribution in [0.3, 0.4) is 0 Å². The molecule has 1 heterocycles. The normalized spacial score (nSPS) is 23.1. The van der Waals surface area contributed by atoms with Crippen molar-refractivity contribution in [3.05, 3.63) is 0 Å². The topological polar surface area (TPSA) is 40.5 Å². The molecule has 15 heavy (non-hydrogen) atoms. The number of amides is 1. The Kier molecular flexibility index (Phi) is 5.09. The number of rotatable bonds is 5. The van der Waals surface area contributed by atoms with Gasteiger partial charge in [-0.1, -0.05) is 20.3 Å². The van der Waals surface area contributed by atoms with E-state index in [9.17, 15) is 4.79 Å². The van der Waals surface area contributed by atoms with E-state index in [2.05, 4.69) is 13.8 Å². The van der Waals surface area contributed by atoms with Crippen LogP contribution in [0.1, 0.15) is 39.5 Å². The molecule has 3 heteroatoms. The standard InChI is InChI=1S/C12H23NO2/c1-3-10(2)8-12(15)13-6-4-11(9-13)5-7-14/h10-11,14H,3-9H2,1-2H3. The first-order valence-electron chi connectivity index (χ1n) is 6.06. The lowest BCUT2D eigenvalue weighted by Gasteiger charge is -2.18. The van der Waals surface area contributed by atoms with Crippen molar-refractivity contribution in [3.8, 4) is 0 Å². The first kappa shape index (κ1) is 12.5. The fraction of sp³-hybridized carbons (Fsp3) is 0.917. The molecule has 0 saturated carbocycles. The zero-order chi connectivity index (χ0) is 11.3. The van der Waals surface area contributed by atoms with Crippen molar-refractivity contribution in [2.45, 2.75) is 39.5 Å². The van der Waals surface area contributed by atoms with Crippen LogP contribution in [-0.4, -0.2) is 35.6 Å². The van der Waals surface area contributed by atoms with Crippen LogP contribution in [0.2, 0.25) is 0 Å². The van der Waals surface area contributed by atoms with Crippen molar-refractivity contribution >= 4 is 5.91 Å². The maximum absolute atomic E-state index is 11.8. The number of hydrogen-bond acceptors (Lipinski definition) is 2. The van der Waals surface area contributed by atoms with Crippen LogP contribution in [0.4, 0.5) is 0 Å². The van der Waals surface area contributed by atoms with Gasteiger partial charge in [-0.3, -0.25) is 4.79 Å². The molecular weight excluding hydrogens is 190 g/mol. The summed E-state index contributed by atoms with van der Waals surface area (Å²) < 4.78 is 0. The number of nitrogens with zero attached hydrogens (tertiary/aromatic N) is 1. The predicted molar refractivity (Wildman–Crippen MR) is 60.5 cm³/mol. The fourth-order valence-electron chi connectivity index (χ4n) is 2.05. The van der Waals surface area contributed by atoms with Gasteiger partial charge < -0.3 is 10.0 Å². The van der Waals surface area contributed by atoms with Gasteiger partial charge in [-0.15, -0.1) is 0 Å². The van der Waals surface area contributed by atoms with Gasteiger partial charge in [0.1, 0.15) is 0 Å². The van der Waals surface area contributed by atoms with Crippen LogP contribution in [0, 0.1) is 11.8 Å². The van der Waals surface area contributed by atoms with Gasteiger partial charge in [-0.25, -0.2) is 0 Å². The molecule has 1 rings (SSSR count). The number of aliphatic hydroxyl groups excluding tert-OH is 1. The van der Waals surface area contributed by atoms with Crippen LogP contribution in [-0.2, 0) is 4.79 Å². The van der Waals surface area contributed by atoms with E-state index in [0.29, 0.717) is 24.2 Å². The van der Waals surface area contributed by atoms with E-state index in [1.807, 2.05) is 4.90 Å². The maximum atomic E-state index is 11.8. The van der Waals surface area contributed by atoms with E-state index in [-0.39, 0.29) is 6.61 Å². The van der Waals surface area contributed by atoms with Gasteiger partial charge in [0.2, 0.25) is 5.91 Å². The molecule has 1 N–H and O–H groups in total. The number of aliphatic hydroxyl groups is 1. The SMILES string of the molecule is CCC(C)CC(=O)N1CCC(CCO)C1. The highest BCUT2D eigenvalue weighted by Gasteiger charge is 2.25. The van der Waals surface area contributed by atoms with Crippen molar-refractivity contribution in [3.63, 3.8) is 0 Å². The second-order valence-electron chi connectivity index (χ2n) is 4.72. The lowest BCUT2D eigenvalue weighted by molar-refractivity contribution is -0.131. The fourth-order valence-corrected chi connectivity index (χ4v) is 2.05. The minimum atomic E-state index is 0.248. The quantitative estimate of drug-likeness (QED) is 0.754. The predicted octanol–water partition coefficient (Wildman–Crippen LogP) is 1.65. The molecule has 0 aromatic carbocycles. The second-order valence-corrected chi connectivity index (χ2v) is 4.72. The highest BCUT2D eigenvalue weighted by atomic mass is 16.3. The summed E-state index contributed by atoms with van der Waals surface area (Å²) in [5.74, 6) is 1.31. The molecule has 1 aliphatic rings. The molecule has 1 fully saturated rings. The van der Waals surface area contributed by atoms with E-state index in [1.165, 1.54) is 0 Å². The Labute approximate surface area is 92.5 Å². The number of likely N-dealkylation sites (tertiary alicyclic amines) is 1. The minimum Gasteiger partial charge on any atom is -0.396 e. The average Bonchev–Trinajstić information content (AvgIpc) is 2.67. The summed E-state index contributed by atoms with van der Waals surface area (Å²) in [6.07, 6.45) is 3.65. The van der Waals surface area contributed by atoms with Crippen LogP contribution < -0.4 is 0 Å². The Morgan fingerprint density at radius 1 is 1.60 bits per heavy atom. The monoisotopic (exact) mass is 213 g/mol. The highest BCUT2D eigenvalue weighted by Crippen LogP contribution is 2.21. The van der Waals surface area contributed by atoms with Crippen LogP contribution in [0.15, 0.2) is 0 Å². The molecule has 0 aliphatic carbocycles. The first-order valence-corrected chi connectivity index (χ1v) is 6.06. The number of hydrogen-bond donors (Lipinski definition) is 1. The molecule has 1 aliphatic heterocycles. The molecule has 0 bridgehead atoms. The van der Waals surface area contributed by atoms with Gasteiger partial charge >= 0.3 is 0 Å². The third kappa shape index (κ3) is 3.82. The first-order chi connectivity index (χ1) is 7.17. The zero-order valence-electron chi connectivity index (χ0n) is 9.91. The van der Waals surface area contributed by atoms with Gasteiger partial charge in [-0.05, 0) is 24.7 Å². The Hall–Kier alpha value is -0.570. The van der Waals surface area contributed by atoms with Crippen LogP contribution in [0.25, 0.3) is 0 Å². The summed E-state index contributed by atoms with van der Waals surface area (Å²) in [6.45, 7) is 6.24. The molecule has 88 valence electrons. The molecule has 2 atom stereocenters. The molecule has 0 aromatic heterocycles. The van der Waals surface area contributed by atoms with Crippen molar-refractivity contribution < 1.29 is 9.90 Å². The Bertz CT molecular complexity index is 206. The van der Waals surface area contributed by atoms with Gasteiger partial charge in [0.15, 0.2) is 0 Å². The Morgan fingerprint density at radius 3 is 2.93 bits per heavy atom. The van der Waals surface area contributed by atoms with Crippen LogP contribution in [0.5, 0.6) is 0 Å². The summed E-state index contributed by atoms with van der Waals surface area (Å²) in [4.78, 5) is 13.8. The van der Waals surface area contributed by atoms with E-state index < -0.39 is 0 Å². The molecule has 1 amide bonds. The van der Waals surface area contributed by atoms with E-state index in [4.69, 9.17) is 5.11 Å². The van der Waals surface area contributed by atoms with Crippen molar-refractivity contribution in [2.24, 2.45) is 11.8 Å². The van der Waals surface area contributed by atoms with E-state index in [0.717, 1.165) is 32.4 Å². The Balaban J connectivity index is 2.30. The summed E-state index contributed by atoms with van der Waals surface area (Å²) in [6, 6.07) is 0. The van der Waals surface area contributed by atoms with Crippen molar-refractivity contribution in [1.82, 2.24) is 4.90 Å². The smallest absolute Gasteiger partial charge is 0.222 e. The number of carbonyl (C=O) groups is 1. The van der Waals surface area contributed by atoms with E-state index >= 15 is 0 Å². The molecule has 0 aromatic rings. The molecule has 3 nitrogen and oxygen atoms in total. The maximum Gasteiger partial charge on any atom is 0.222 e. The molecule has 0 spiro atoms. The Morgan fingerprint density at radius 2 is 2.33 bits per heavy atom. The summed E-state index contributed by atoms with van der Waals surface area (Å²) in [5.41, 5.74) is 0. The highest BCUT2D eigenvalue weighted by molar-refractivity contribution is 5.76. The lowest BCUT2D eigenvalue weighted by atomic mass is 10.0. The van der Waals surface area contributed by atoms with Gasteiger partial charge in [0.05, 0.1) is 0 Å². The molecule has 1 saturated heterocycles.